The predicted molar refractivity (Wildman–Crippen MR) is 74.5 cm³/mol. The lowest BCUT2D eigenvalue weighted by Crippen LogP contribution is -2.11. The van der Waals surface area contributed by atoms with Crippen molar-refractivity contribution in [1.29, 1.82) is 0 Å². The normalized spacial score (nSPS) is 11.0. The van der Waals surface area contributed by atoms with Crippen LogP contribution in [0.1, 0.15) is 36.8 Å². The number of carbonyl (C=O) groups excluding carboxylic acids is 1. The Bertz CT molecular complexity index is 646. The molecule has 2 rings (SSSR count). The van der Waals surface area contributed by atoms with Crippen molar-refractivity contribution in [2.45, 2.75) is 25.7 Å². The number of carbonyl (C=O) groups is 1. The van der Waals surface area contributed by atoms with Crippen LogP contribution in [-0.2, 0) is 4.79 Å². The molecule has 2 aromatic rings. The molecule has 0 saturated carbocycles. The smallest absolute Gasteiger partial charge is 0.133 e. The highest BCUT2D eigenvalue weighted by Gasteiger charge is 2.24. The van der Waals surface area contributed by atoms with Crippen molar-refractivity contribution >= 4 is 5.78 Å². The van der Waals surface area contributed by atoms with Gasteiger partial charge < -0.3 is 0 Å². The van der Waals surface area contributed by atoms with Crippen LogP contribution in [0.5, 0.6) is 0 Å². The first-order valence-electron chi connectivity index (χ1n) is 6.84. The van der Waals surface area contributed by atoms with Crippen LogP contribution in [0.15, 0.2) is 36.4 Å². The highest BCUT2D eigenvalue weighted by molar-refractivity contribution is 5.79. The van der Waals surface area contributed by atoms with E-state index in [2.05, 4.69) is 0 Å². The summed E-state index contributed by atoms with van der Waals surface area (Å²) in [5, 5.41) is 0. The minimum absolute atomic E-state index is 0.00806. The Kier molecular flexibility index (Phi) is 4.96. The molecule has 0 heterocycles. The summed E-state index contributed by atoms with van der Waals surface area (Å²) in [5.74, 6) is -4.37. The fourth-order valence-corrected chi connectivity index (χ4v) is 2.33. The van der Waals surface area contributed by atoms with E-state index in [0.717, 1.165) is 12.1 Å². The second kappa shape index (κ2) is 6.73. The summed E-state index contributed by atoms with van der Waals surface area (Å²) in [7, 11) is 0. The van der Waals surface area contributed by atoms with Gasteiger partial charge in [0.25, 0.3) is 0 Å². The van der Waals surface area contributed by atoms with Gasteiger partial charge in [-0.15, -0.1) is 0 Å². The van der Waals surface area contributed by atoms with Crippen LogP contribution < -0.4 is 0 Å². The van der Waals surface area contributed by atoms with Gasteiger partial charge in [-0.3, -0.25) is 4.79 Å². The number of halogens is 4. The van der Waals surface area contributed by atoms with Gasteiger partial charge in [-0.1, -0.05) is 19.1 Å². The monoisotopic (exact) mass is 310 g/mol. The summed E-state index contributed by atoms with van der Waals surface area (Å²) < 4.78 is 54.1. The second-order valence-corrected chi connectivity index (χ2v) is 4.98. The van der Waals surface area contributed by atoms with Crippen molar-refractivity contribution in [3.8, 4) is 0 Å². The van der Waals surface area contributed by atoms with E-state index in [1.54, 1.807) is 6.92 Å². The van der Waals surface area contributed by atoms with Gasteiger partial charge in [0.1, 0.15) is 29.1 Å². The third kappa shape index (κ3) is 3.53. The molecule has 0 aliphatic rings. The fraction of sp³-hybridized carbons (Fsp3) is 0.235. The Labute approximate surface area is 125 Å². The van der Waals surface area contributed by atoms with Gasteiger partial charge in [-0.25, -0.2) is 17.6 Å². The Balaban J connectivity index is 2.53. The van der Waals surface area contributed by atoms with Gasteiger partial charge in [0, 0.05) is 30.9 Å². The molecule has 0 aliphatic heterocycles. The molecule has 22 heavy (non-hydrogen) atoms. The number of benzene rings is 2. The first-order valence-corrected chi connectivity index (χ1v) is 6.84. The minimum Gasteiger partial charge on any atom is -0.300 e. The van der Waals surface area contributed by atoms with E-state index < -0.39 is 29.2 Å². The maximum atomic E-state index is 14.0. The molecule has 0 unspecified atom stereocenters. The third-order valence-electron chi connectivity index (χ3n) is 3.50. The first-order chi connectivity index (χ1) is 10.4. The largest absolute Gasteiger partial charge is 0.300 e. The molecule has 5 heteroatoms. The van der Waals surface area contributed by atoms with Gasteiger partial charge in [-0.05, 0) is 23.3 Å². The zero-order chi connectivity index (χ0) is 16.3. The minimum atomic E-state index is -0.923. The van der Waals surface area contributed by atoms with E-state index >= 15 is 0 Å². The average molecular weight is 310 g/mol. The quantitative estimate of drug-likeness (QED) is 0.729. The van der Waals surface area contributed by atoms with Gasteiger partial charge in [-0.2, -0.15) is 0 Å². The van der Waals surface area contributed by atoms with E-state index in [9.17, 15) is 22.4 Å². The Morgan fingerprint density at radius 1 is 0.909 bits per heavy atom. The van der Waals surface area contributed by atoms with E-state index in [4.69, 9.17) is 0 Å². The number of hydrogen-bond donors (Lipinski definition) is 0. The summed E-state index contributed by atoms with van der Waals surface area (Å²) in [4.78, 5) is 11.7. The molecule has 0 aromatic heterocycles. The first kappa shape index (κ1) is 16.2. The summed E-state index contributed by atoms with van der Waals surface area (Å²) >= 11 is 0. The molecule has 1 nitrogen and oxygen atoms in total. The summed E-state index contributed by atoms with van der Waals surface area (Å²) in [6.45, 7) is 1.64. The molecule has 0 amide bonds. The van der Waals surface area contributed by atoms with Crippen molar-refractivity contribution < 1.29 is 22.4 Å². The van der Waals surface area contributed by atoms with Crippen LogP contribution >= 0.6 is 0 Å². The van der Waals surface area contributed by atoms with Crippen molar-refractivity contribution in [3.63, 3.8) is 0 Å². The highest BCUT2D eigenvalue weighted by atomic mass is 19.1. The van der Waals surface area contributed by atoms with Gasteiger partial charge >= 0.3 is 0 Å². The molecule has 0 fully saturated rings. The van der Waals surface area contributed by atoms with Gasteiger partial charge in [0.2, 0.25) is 0 Å². The predicted octanol–water partition coefficient (Wildman–Crippen LogP) is 4.74. The average Bonchev–Trinajstić information content (AvgIpc) is 2.45. The Morgan fingerprint density at radius 2 is 1.36 bits per heavy atom. The van der Waals surface area contributed by atoms with Crippen molar-refractivity contribution in [2.75, 3.05) is 0 Å². The number of rotatable bonds is 5. The molecule has 0 atom stereocenters. The fourth-order valence-electron chi connectivity index (χ4n) is 2.33. The lowest BCUT2D eigenvalue weighted by molar-refractivity contribution is -0.119. The zero-order valence-corrected chi connectivity index (χ0v) is 11.9. The molecule has 2 aromatic carbocycles. The second-order valence-electron chi connectivity index (χ2n) is 4.98. The van der Waals surface area contributed by atoms with Crippen LogP contribution in [0.4, 0.5) is 17.6 Å². The highest BCUT2D eigenvalue weighted by Crippen LogP contribution is 2.32. The lowest BCUT2D eigenvalue weighted by atomic mass is 9.86. The van der Waals surface area contributed by atoms with Crippen LogP contribution in [0.2, 0.25) is 0 Å². The Morgan fingerprint density at radius 3 is 1.73 bits per heavy atom. The molecule has 0 saturated heterocycles. The molecule has 0 N–H and O–H groups in total. The third-order valence-corrected chi connectivity index (χ3v) is 3.50. The lowest BCUT2D eigenvalue weighted by Gasteiger charge is -2.18. The molecule has 0 aliphatic carbocycles. The summed E-state index contributed by atoms with van der Waals surface area (Å²) in [6.07, 6.45) is 0.0731. The van der Waals surface area contributed by atoms with Crippen molar-refractivity contribution in [2.24, 2.45) is 0 Å². The molecule has 0 radical (unpaired) electrons. The van der Waals surface area contributed by atoms with Crippen LogP contribution in [-0.4, -0.2) is 5.78 Å². The van der Waals surface area contributed by atoms with E-state index in [1.807, 2.05) is 0 Å². The molecular formula is C17H14F4O. The SMILES string of the molecule is CCC(=O)CC(c1ccc(F)cc1F)c1ccc(F)cc1F. The van der Waals surface area contributed by atoms with Crippen molar-refractivity contribution in [1.82, 2.24) is 0 Å². The molecular weight excluding hydrogens is 296 g/mol. The van der Waals surface area contributed by atoms with Gasteiger partial charge in [0.05, 0.1) is 0 Å². The van der Waals surface area contributed by atoms with Gasteiger partial charge in [0.15, 0.2) is 0 Å². The van der Waals surface area contributed by atoms with Crippen LogP contribution in [0.25, 0.3) is 0 Å². The van der Waals surface area contributed by atoms with E-state index in [1.165, 1.54) is 12.1 Å². The number of hydrogen-bond acceptors (Lipinski definition) is 1. The standard InChI is InChI=1S/C17H14F4O/c1-2-12(22)9-15(13-5-3-10(18)7-16(13)20)14-6-4-11(19)8-17(14)21/h3-8,15H,2,9H2,1H3. The topological polar surface area (TPSA) is 17.1 Å². The maximum Gasteiger partial charge on any atom is 0.133 e. The van der Waals surface area contributed by atoms with Crippen molar-refractivity contribution in [3.05, 3.63) is 70.8 Å². The number of ketones is 1. The Hall–Kier alpha value is -2.17. The maximum absolute atomic E-state index is 14.0. The zero-order valence-electron chi connectivity index (χ0n) is 11.9. The molecule has 116 valence electrons. The summed E-state index contributed by atoms with van der Waals surface area (Å²) in [5.41, 5.74) is 0.0161. The number of Topliss-reactive ketones (excluding diaryl/α,β-unsaturated/α-hetero) is 1. The van der Waals surface area contributed by atoms with E-state index in [0.29, 0.717) is 12.1 Å². The summed E-state index contributed by atoms with van der Waals surface area (Å²) in [6, 6.07) is 5.81. The molecule has 0 spiro atoms. The van der Waals surface area contributed by atoms with Crippen LogP contribution in [0.3, 0.4) is 0 Å². The van der Waals surface area contributed by atoms with Crippen LogP contribution in [0, 0.1) is 23.3 Å². The molecule has 0 bridgehead atoms. The van der Waals surface area contributed by atoms with E-state index in [-0.39, 0.29) is 29.8 Å².